The van der Waals surface area contributed by atoms with E-state index in [2.05, 4.69) is 15.9 Å². The third kappa shape index (κ3) is 3.16. The van der Waals surface area contributed by atoms with E-state index in [0.717, 1.165) is 27.8 Å². The third-order valence-corrected chi connectivity index (χ3v) is 5.72. The molecule has 2 aliphatic carbocycles. The van der Waals surface area contributed by atoms with Gasteiger partial charge >= 0.3 is 5.97 Å². The molecule has 3 rings (SSSR count). The van der Waals surface area contributed by atoms with Gasteiger partial charge in [-0.3, -0.25) is 0 Å². The molecule has 2 saturated carbocycles. The number of carbonyl (C=O) groups is 1. The van der Waals surface area contributed by atoms with Gasteiger partial charge in [0.1, 0.15) is 6.10 Å². The Balaban J connectivity index is 1.75. The van der Waals surface area contributed by atoms with Crippen LogP contribution in [-0.4, -0.2) is 17.3 Å². The summed E-state index contributed by atoms with van der Waals surface area (Å²) in [6.07, 6.45) is 7.21. The van der Waals surface area contributed by atoms with Crippen molar-refractivity contribution in [2.24, 2.45) is 0 Å². The van der Waals surface area contributed by atoms with E-state index < -0.39 is 0 Å². The van der Waals surface area contributed by atoms with Crippen LogP contribution in [0.4, 0.5) is 0 Å². The highest BCUT2D eigenvalue weighted by atomic mass is 79.9. The largest absolute Gasteiger partial charge is 0.459 e. The van der Waals surface area contributed by atoms with Crippen molar-refractivity contribution in [1.29, 1.82) is 0 Å². The maximum Gasteiger partial charge on any atom is 0.339 e. The molecule has 4 heteroatoms. The first-order valence-electron chi connectivity index (χ1n) is 6.89. The maximum atomic E-state index is 12.2. The van der Waals surface area contributed by atoms with Gasteiger partial charge in [0, 0.05) is 14.6 Å². The Kier molecular flexibility index (Phi) is 4.18. The van der Waals surface area contributed by atoms with E-state index in [1.807, 2.05) is 30.0 Å². The van der Waals surface area contributed by atoms with E-state index >= 15 is 0 Å². The highest BCUT2D eigenvalue weighted by molar-refractivity contribution is 9.10. The molecule has 1 aromatic rings. The van der Waals surface area contributed by atoms with Crippen LogP contribution in [0.15, 0.2) is 27.6 Å². The molecule has 19 heavy (non-hydrogen) atoms. The Labute approximate surface area is 126 Å². The standard InChI is InChI=1S/C15H17BrO2S/c16-10-7-8-13(15(17)18-11-3-1-4-11)14(9-10)19-12-5-2-6-12/h7-9,11-12H,1-6H2. The van der Waals surface area contributed by atoms with Gasteiger partial charge in [0.2, 0.25) is 0 Å². The summed E-state index contributed by atoms with van der Waals surface area (Å²) in [5.74, 6) is -0.154. The van der Waals surface area contributed by atoms with Crippen molar-refractivity contribution in [1.82, 2.24) is 0 Å². The monoisotopic (exact) mass is 340 g/mol. The van der Waals surface area contributed by atoms with Gasteiger partial charge in [-0.1, -0.05) is 22.4 Å². The van der Waals surface area contributed by atoms with Gasteiger partial charge in [-0.25, -0.2) is 4.79 Å². The van der Waals surface area contributed by atoms with Gasteiger partial charge in [0.05, 0.1) is 5.56 Å². The summed E-state index contributed by atoms with van der Waals surface area (Å²) < 4.78 is 6.54. The molecule has 2 aliphatic rings. The topological polar surface area (TPSA) is 26.3 Å². The second-order valence-electron chi connectivity index (χ2n) is 5.27. The number of rotatable bonds is 4. The number of carbonyl (C=O) groups excluding carboxylic acids is 1. The summed E-state index contributed by atoms with van der Waals surface area (Å²) in [5, 5.41) is 0.671. The zero-order chi connectivity index (χ0) is 13.2. The van der Waals surface area contributed by atoms with E-state index in [1.54, 1.807) is 0 Å². The second-order valence-corrected chi connectivity index (χ2v) is 7.53. The molecule has 2 nitrogen and oxygen atoms in total. The Hall–Kier alpha value is -0.480. The fourth-order valence-electron chi connectivity index (χ4n) is 2.13. The SMILES string of the molecule is O=C(OC1CCC1)c1ccc(Br)cc1SC1CCC1. The molecular formula is C15H17BrO2S. The minimum absolute atomic E-state index is 0.151. The number of hydrogen-bond donors (Lipinski definition) is 0. The Bertz CT molecular complexity index is 481. The molecule has 0 saturated heterocycles. The summed E-state index contributed by atoms with van der Waals surface area (Å²) in [5.41, 5.74) is 0.729. The maximum absolute atomic E-state index is 12.2. The highest BCUT2D eigenvalue weighted by Gasteiger charge is 2.26. The van der Waals surface area contributed by atoms with E-state index in [-0.39, 0.29) is 12.1 Å². The number of hydrogen-bond acceptors (Lipinski definition) is 3. The third-order valence-electron chi connectivity index (χ3n) is 3.84. The van der Waals surface area contributed by atoms with Crippen LogP contribution >= 0.6 is 27.7 Å². The van der Waals surface area contributed by atoms with Crippen molar-refractivity contribution in [3.63, 3.8) is 0 Å². The predicted octanol–water partition coefficient (Wildman–Crippen LogP) is 4.80. The van der Waals surface area contributed by atoms with E-state index in [4.69, 9.17) is 4.74 Å². The Morgan fingerprint density at radius 1 is 1.21 bits per heavy atom. The lowest BCUT2D eigenvalue weighted by Crippen LogP contribution is -2.25. The van der Waals surface area contributed by atoms with E-state index in [9.17, 15) is 4.79 Å². The molecule has 0 unspecified atom stereocenters. The molecule has 0 spiro atoms. The average molecular weight is 341 g/mol. The van der Waals surface area contributed by atoms with Crippen LogP contribution < -0.4 is 0 Å². The summed E-state index contributed by atoms with van der Waals surface area (Å²) in [6.45, 7) is 0. The first kappa shape index (κ1) is 13.5. The van der Waals surface area contributed by atoms with Gasteiger partial charge in [-0.2, -0.15) is 0 Å². The summed E-state index contributed by atoms with van der Waals surface area (Å²) in [7, 11) is 0. The highest BCUT2D eigenvalue weighted by Crippen LogP contribution is 2.39. The van der Waals surface area contributed by atoms with Crippen LogP contribution in [0.3, 0.4) is 0 Å². The molecule has 0 heterocycles. The average Bonchev–Trinajstić information content (AvgIpc) is 2.28. The lowest BCUT2D eigenvalue weighted by molar-refractivity contribution is 0.00863. The Morgan fingerprint density at radius 3 is 2.53 bits per heavy atom. The molecule has 0 N–H and O–H groups in total. The Morgan fingerprint density at radius 2 is 1.95 bits per heavy atom. The van der Waals surface area contributed by atoms with Gasteiger partial charge in [0.25, 0.3) is 0 Å². The minimum atomic E-state index is -0.154. The quantitative estimate of drug-likeness (QED) is 0.736. The lowest BCUT2D eigenvalue weighted by Gasteiger charge is -2.27. The van der Waals surface area contributed by atoms with Crippen LogP contribution in [0.5, 0.6) is 0 Å². The minimum Gasteiger partial charge on any atom is -0.459 e. The lowest BCUT2D eigenvalue weighted by atomic mass is 9.96. The number of esters is 1. The van der Waals surface area contributed by atoms with Crippen LogP contribution in [0.2, 0.25) is 0 Å². The molecule has 102 valence electrons. The van der Waals surface area contributed by atoms with E-state index in [1.165, 1.54) is 25.7 Å². The van der Waals surface area contributed by atoms with Crippen molar-refractivity contribution < 1.29 is 9.53 Å². The zero-order valence-corrected chi connectivity index (χ0v) is 13.1. The van der Waals surface area contributed by atoms with Gasteiger partial charge in [0.15, 0.2) is 0 Å². The number of thioether (sulfide) groups is 1. The first-order chi connectivity index (χ1) is 9.22. The smallest absolute Gasteiger partial charge is 0.339 e. The molecule has 0 amide bonds. The summed E-state index contributed by atoms with van der Waals surface area (Å²) in [6, 6.07) is 5.84. The molecule has 0 radical (unpaired) electrons. The molecule has 0 aliphatic heterocycles. The van der Waals surface area contributed by atoms with Crippen molar-refractivity contribution in [2.75, 3.05) is 0 Å². The van der Waals surface area contributed by atoms with Crippen LogP contribution in [0, 0.1) is 0 Å². The van der Waals surface area contributed by atoms with Gasteiger partial charge in [-0.15, -0.1) is 11.8 Å². The van der Waals surface area contributed by atoms with Crippen molar-refractivity contribution >= 4 is 33.7 Å². The number of ether oxygens (including phenoxy) is 1. The second kappa shape index (κ2) is 5.88. The summed E-state index contributed by atoms with van der Waals surface area (Å²) >= 11 is 5.31. The molecule has 1 aromatic carbocycles. The normalized spacial score (nSPS) is 19.6. The van der Waals surface area contributed by atoms with Crippen molar-refractivity contribution in [2.45, 2.75) is 54.8 Å². The van der Waals surface area contributed by atoms with Crippen LogP contribution in [0.25, 0.3) is 0 Å². The molecule has 0 aromatic heterocycles. The number of halogens is 1. The van der Waals surface area contributed by atoms with Crippen LogP contribution in [-0.2, 0) is 4.74 Å². The first-order valence-corrected chi connectivity index (χ1v) is 8.57. The fraction of sp³-hybridized carbons (Fsp3) is 0.533. The van der Waals surface area contributed by atoms with Crippen molar-refractivity contribution in [3.8, 4) is 0 Å². The van der Waals surface area contributed by atoms with Gasteiger partial charge < -0.3 is 4.74 Å². The number of benzene rings is 1. The van der Waals surface area contributed by atoms with Crippen LogP contribution in [0.1, 0.15) is 48.9 Å². The fourth-order valence-corrected chi connectivity index (χ4v) is 4.05. The molecule has 2 fully saturated rings. The molecule has 0 bridgehead atoms. The molecular weight excluding hydrogens is 324 g/mol. The summed E-state index contributed by atoms with van der Waals surface area (Å²) in [4.78, 5) is 13.3. The molecule has 0 atom stereocenters. The van der Waals surface area contributed by atoms with Gasteiger partial charge in [-0.05, 0) is 50.3 Å². The predicted molar refractivity (Wildman–Crippen MR) is 80.7 cm³/mol. The van der Waals surface area contributed by atoms with E-state index in [0.29, 0.717) is 5.25 Å². The van der Waals surface area contributed by atoms with Crippen molar-refractivity contribution in [3.05, 3.63) is 28.2 Å². The zero-order valence-electron chi connectivity index (χ0n) is 10.7.